The van der Waals surface area contributed by atoms with Gasteiger partial charge in [-0.1, -0.05) is 12.1 Å². The van der Waals surface area contributed by atoms with E-state index >= 15 is 0 Å². The minimum atomic E-state index is -0.445. The first-order chi connectivity index (χ1) is 14.7. The van der Waals surface area contributed by atoms with Crippen molar-refractivity contribution in [1.82, 2.24) is 24.5 Å². The summed E-state index contributed by atoms with van der Waals surface area (Å²) in [6.45, 7) is 1.82. The highest BCUT2D eigenvalue weighted by Gasteiger charge is 2.24. The van der Waals surface area contributed by atoms with Crippen LogP contribution in [0.4, 0.5) is 10.2 Å². The first-order valence-electron chi connectivity index (χ1n) is 9.62. The number of ether oxygens (including phenoxy) is 1. The summed E-state index contributed by atoms with van der Waals surface area (Å²) < 4.78 is 21.0. The van der Waals surface area contributed by atoms with Gasteiger partial charge in [-0.25, -0.2) is 19.3 Å². The van der Waals surface area contributed by atoms with Crippen LogP contribution in [-0.2, 0) is 11.2 Å². The summed E-state index contributed by atoms with van der Waals surface area (Å²) in [6.07, 6.45) is 5.16. The van der Waals surface area contributed by atoms with Gasteiger partial charge in [-0.15, -0.1) is 0 Å². The Morgan fingerprint density at radius 1 is 1.17 bits per heavy atom. The highest BCUT2D eigenvalue weighted by Crippen LogP contribution is 2.28. The van der Waals surface area contributed by atoms with Crippen LogP contribution in [0.3, 0.4) is 0 Å². The van der Waals surface area contributed by atoms with Crippen LogP contribution in [0.1, 0.15) is 11.6 Å². The molecule has 4 aromatic rings. The Morgan fingerprint density at radius 2 is 2.00 bits per heavy atom. The summed E-state index contributed by atoms with van der Waals surface area (Å²) in [7, 11) is 0. The van der Waals surface area contributed by atoms with Crippen LogP contribution >= 0.6 is 0 Å². The minimum Gasteiger partial charge on any atom is -0.508 e. The molecule has 0 atom stereocenters. The van der Waals surface area contributed by atoms with Crippen molar-refractivity contribution in [3.63, 3.8) is 0 Å². The van der Waals surface area contributed by atoms with Gasteiger partial charge in [0.2, 0.25) is 0 Å². The van der Waals surface area contributed by atoms with Gasteiger partial charge in [0.1, 0.15) is 17.1 Å². The number of halogens is 1. The third-order valence-electron chi connectivity index (χ3n) is 5.04. The molecular weight excluding hydrogens is 387 g/mol. The van der Waals surface area contributed by atoms with E-state index in [0.717, 1.165) is 18.2 Å². The number of nitrogens with zero attached hydrogens (tertiary/aromatic N) is 5. The molecule has 1 aromatic carbocycles. The number of fused-ring (bicyclic) bond motifs is 1. The molecule has 9 heteroatoms. The van der Waals surface area contributed by atoms with Crippen LogP contribution in [0.5, 0.6) is 5.75 Å². The van der Waals surface area contributed by atoms with Crippen molar-refractivity contribution in [2.45, 2.75) is 12.5 Å². The number of benzene rings is 1. The topological polar surface area (TPSA) is 98.0 Å². The molecule has 1 aliphatic rings. The summed E-state index contributed by atoms with van der Waals surface area (Å²) in [5.74, 6) is 0.752. The maximum atomic E-state index is 13.7. The Kier molecular flexibility index (Phi) is 4.72. The average Bonchev–Trinajstić information content (AvgIpc) is 3.12. The van der Waals surface area contributed by atoms with Crippen molar-refractivity contribution in [3.8, 4) is 17.1 Å². The zero-order valence-corrected chi connectivity index (χ0v) is 16.0. The lowest BCUT2D eigenvalue weighted by atomic mass is 10.1. The van der Waals surface area contributed by atoms with Gasteiger partial charge in [0.25, 0.3) is 0 Å². The fourth-order valence-electron chi connectivity index (χ4n) is 3.34. The van der Waals surface area contributed by atoms with Gasteiger partial charge in [0, 0.05) is 18.3 Å². The van der Waals surface area contributed by atoms with Crippen molar-refractivity contribution in [1.29, 1.82) is 0 Å². The monoisotopic (exact) mass is 406 g/mol. The number of nitrogens with one attached hydrogen (secondary N) is 1. The lowest BCUT2D eigenvalue weighted by Gasteiger charge is -2.27. The van der Waals surface area contributed by atoms with E-state index in [1.54, 1.807) is 18.5 Å². The van der Waals surface area contributed by atoms with Crippen LogP contribution in [-0.4, -0.2) is 49.4 Å². The Labute approximate surface area is 171 Å². The highest BCUT2D eigenvalue weighted by atomic mass is 19.1. The third-order valence-corrected chi connectivity index (χ3v) is 5.04. The smallest absolute Gasteiger partial charge is 0.166 e. The van der Waals surface area contributed by atoms with Crippen molar-refractivity contribution in [2.24, 2.45) is 0 Å². The van der Waals surface area contributed by atoms with Gasteiger partial charge < -0.3 is 19.7 Å². The van der Waals surface area contributed by atoms with E-state index in [-0.39, 0.29) is 11.8 Å². The van der Waals surface area contributed by atoms with Gasteiger partial charge in [-0.2, -0.15) is 0 Å². The predicted octanol–water partition coefficient (Wildman–Crippen LogP) is 2.96. The van der Waals surface area contributed by atoms with Crippen molar-refractivity contribution in [2.75, 3.05) is 25.1 Å². The molecule has 152 valence electrons. The maximum Gasteiger partial charge on any atom is 0.166 e. The molecule has 1 saturated heterocycles. The maximum absolute atomic E-state index is 13.7. The number of phenols is 1. The van der Waals surface area contributed by atoms with Crippen LogP contribution in [0, 0.1) is 5.82 Å². The summed E-state index contributed by atoms with van der Waals surface area (Å²) in [5, 5.41) is 12.8. The molecule has 0 saturated carbocycles. The van der Waals surface area contributed by atoms with Gasteiger partial charge in [0.15, 0.2) is 17.3 Å². The molecule has 2 N–H and O–H groups in total. The first-order valence-corrected chi connectivity index (χ1v) is 9.62. The number of hydrogen-bond acceptors (Lipinski definition) is 7. The highest BCUT2D eigenvalue weighted by molar-refractivity contribution is 5.85. The molecule has 0 unspecified atom stereocenters. The molecule has 8 nitrogen and oxygen atoms in total. The lowest BCUT2D eigenvalue weighted by Crippen LogP contribution is -2.30. The first kappa shape index (κ1) is 18.4. The molecule has 3 aromatic heterocycles. The largest absolute Gasteiger partial charge is 0.508 e. The second kappa shape index (κ2) is 7.68. The number of pyridine rings is 1. The normalized spacial score (nSPS) is 14.0. The molecule has 1 aliphatic heterocycles. The SMILES string of the molecule is Oc1ccc(CCNc2nc(-c3cncc(F)c3)nc3c2ncn3C2COC2)cc1. The predicted molar refractivity (Wildman–Crippen MR) is 109 cm³/mol. The van der Waals surface area contributed by atoms with Gasteiger partial charge in [-0.05, 0) is 30.2 Å². The minimum absolute atomic E-state index is 0.174. The number of aromatic nitrogens is 5. The van der Waals surface area contributed by atoms with Crippen LogP contribution in [0.15, 0.2) is 49.1 Å². The Balaban J connectivity index is 1.48. The number of imidazole rings is 1. The van der Waals surface area contributed by atoms with E-state index in [1.807, 2.05) is 16.7 Å². The number of anilines is 1. The molecule has 0 aliphatic carbocycles. The number of phenolic OH excluding ortho intramolecular Hbond substituents is 1. The summed E-state index contributed by atoms with van der Waals surface area (Å²) in [5.41, 5.74) is 2.90. The molecule has 1 fully saturated rings. The van der Waals surface area contributed by atoms with Gasteiger partial charge in [0.05, 0.1) is 31.8 Å². The molecule has 0 bridgehead atoms. The van der Waals surface area contributed by atoms with E-state index < -0.39 is 5.82 Å². The van der Waals surface area contributed by atoms with Crippen LogP contribution in [0.25, 0.3) is 22.6 Å². The molecule has 30 heavy (non-hydrogen) atoms. The summed E-state index contributed by atoms with van der Waals surface area (Å²) >= 11 is 0. The number of hydrogen-bond donors (Lipinski definition) is 2. The lowest BCUT2D eigenvalue weighted by molar-refractivity contribution is -0.0218. The quantitative estimate of drug-likeness (QED) is 0.508. The standard InChI is InChI=1S/C21H19FN6O2/c22-15-7-14(8-23-9-15)19-26-20(24-6-5-13-1-3-17(29)4-2-13)18-21(27-19)28(12-25-18)16-10-30-11-16/h1-4,7-9,12,16,29H,5-6,10-11H2,(H,24,26,27). The molecule has 0 spiro atoms. The van der Waals surface area contributed by atoms with Gasteiger partial charge in [-0.3, -0.25) is 4.98 Å². The number of aromatic hydroxyl groups is 1. The van der Waals surface area contributed by atoms with Crippen molar-refractivity contribution >= 4 is 17.0 Å². The summed E-state index contributed by atoms with van der Waals surface area (Å²) in [6, 6.07) is 8.62. The molecular formula is C21H19FN6O2. The fraction of sp³-hybridized carbons (Fsp3) is 0.238. The molecule has 0 radical (unpaired) electrons. The molecule has 0 amide bonds. The molecule has 5 rings (SSSR count). The van der Waals surface area contributed by atoms with E-state index in [2.05, 4.69) is 25.3 Å². The third kappa shape index (κ3) is 3.55. The van der Waals surface area contributed by atoms with E-state index in [9.17, 15) is 9.50 Å². The Bertz CT molecular complexity index is 1190. The zero-order chi connectivity index (χ0) is 20.5. The fourth-order valence-corrected chi connectivity index (χ4v) is 3.34. The van der Waals surface area contributed by atoms with E-state index in [1.165, 1.54) is 12.3 Å². The van der Waals surface area contributed by atoms with Crippen LogP contribution in [0.2, 0.25) is 0 Å². The van der Waals surface area contributed by atoms with Crippen LogP contribution < -0.4 is 5.32 Å². The second-order valence-corrected chi connectivity index (χ2v) is 7.15. The van der Waals surface area contributed by atoms with Crippen molar-refractivity contribution < 1.29 is 14.2 Å². The Morgan fingerprint density at radius 3 is 2.73 bits per heavy atom. The number of rotatable bonds is 6. The summed E-state index contributed by atoms with van der Waals surface area (Å²) in [4.78, 5) is 17.7. The average molecular weight is 406 g/mol. The van der Waals surface area contributed by atoms with Crippen molar-refractivity contribution in [3.05, 3.63) is 60.4 Å². The van der Waals surface area contributed by atoms with E-state index in [0.29, 0.717) is 48.1 Å². The van der Waals surface area contributed by atoms with E-state index in [4.69, 9.17) is 4.74 Å². The second-order valence-electron chi connectivity index (χ2n) is 7.15. The molecule has 4 heterocycles. The zero-order valence-electron chi connectivity index (χ0n) is 16.0. The van der Waals surface area contributed by atoms with Gasteiger partial charge >= 0.3 is 0 Å². The Hall–Kier alpha value is -3.59.